The Labute approximate surface area is 138 Å². The molecule has 0 aromatic heterocycles. The van der Waals surface area contributed by atoms with E-state index in [-0.39, 0.29) is 38.4 Å². The standard InChI is InChI=1S/C14H18F4N2O3S/c1-2-20(24(21,22)19-7-9-23-10-8-19)13(14(16,17)18)11-3-5-12(15)6-4-11/h3-6,13H,2,7-10H2,1H3. The second-order valence-corrected chi connectivity index (χ2v) is 7.10. The Hall–Kier alpha value is -1.23. The quantitative estimate of drug-likeness (QED) is 0.748. The predicted octanol–water partition coefficient (Wildman–Crippen LogP) is 2.33. The lowest BCUT2D eigenvalue weighted by atomic mass is 10.1. The van der Waals surface area contributed by atoms with E-state index in [1.165, 1.54) is 6.92 Å². The summed E-state index contributed by atoms with van der Waals surface area (Å²) in [5, 5.41) is 0. The van der Waals surface area contributed by atoms with Crippen LogP contribution in [0.25, 0.3) is 0 Å². The molecule has 1 heterocycles. The first kappa shape index (κ1) is 19.1. The average molecular weight is 370 g/mol. The van der Waals surface area contributed by atoms with Crippen LogP contribution in [0.1, 0.15) is 18.5 Å². The molecule has 1 aromatic carbocycles. The summed E-state index contributed by atoms with van der Waals surface area (Å²) in [4.78, 5) is 0. The molecule has 5 nitrogen and oxygen atoms in total. The largest absolute Gasteiger partial charge is 0.409 e. The summed E-state index contributed by atoms with van der Waals surface area (Å²) < 4.78 is 85.6. The lowest BCUT2D eigenvalue weighted by molar-refractivity contribution is -0.174. The van der Waals surface area contributed by atoms with Gasteiger partial charge in [-0.3, -0.25) is 0 Å². The molecule has 0 radical (unpaired) electrons. The highest BCUT2D eigenvalue weighted by atomic mass is 32.2. The number of morpholine rings is 1. The van der Waals surface area contributed by atoms with Gasteiger partial charge < -0.3 is 4.74 Å². The lowest BCUT2D eigenvalue weighted by Crippen LogP contribution is -2.52. The van der Waals surface area contributed by atoms with Crippen molar-refractivity contribution in [1.82, 2.24) is 8.61 Å². The number of benzene rings is 1. The second-order valence-electron chi connectivity index (χ2n) is 5.22. The molecule has 1 aliphatic rings. The first-order valence-corrected chi connectivity index (χ1v) is 8.74. The summed E-state index contributed by atoms with van der Waals surface area (Å²) in [6.07, 6.45) is -4.84. The summed E-state index contributed by atoms with van der Waals surface area (Å²) in [6, 6.07) is 1.28. The number of hydrogen-bond acceptors (Lipinski definition) is 3. The van der Waals surface area contributed by atoms with Crippen molar-refractivity contribution in [2.45, 2.75) is 19.1 Å². The molecule has 0 aliphatic carbocycles. The summed E-state index contributed by atoms with van der Waals surface area (Å²) in [7, 11) is -4.34. The van der Waals surface area contributed by atoms with Crippen molar-refractivity contribution in [3.05, 3.63) is 35.6 Å². The Bertz CT molecular complexity index is 643. The highest BCUT2D eigenvalue weighted by Crippen LogP contribution is 2.39. The van der Waals surface area contributed by atoms with E-state index in [1.54, 1.807) is 0 Å². The average Bonchev–Trinajstić information content (AvgIpc) is 2.53. The molecule has 1 atom stereocenters. The van der Waals surface area contributed by atoms with Gasteiger partial charge in [-0.1, -0.05) is 19.1 Å². The van der Waals surface area contributed by atoms with Crippen LogP contribution in [0.5, 0.6) is 0 Å². The third kappa shape index (κ3) is 4.05. The molecule has 0 spiro atoms. The van der Waals surface area contributed by atoms with Crippen molar-refractivity contribution in [1.29, 1.82) is 0 Å². The van der Waals surface area contributed by atoms with Crippen LogP contribution in [0.2, 0.25) is 0 Å². The van der Waals surface area contributed by atoms with E-state index in [9.17, 15) is 26.0 Å². The molecule has 1 fully saturated rings. The highest BCUT2D eigenvalue weighted by molar-refractivity contribution is 7.86. The monoisotopic (exact) mass is 370 g/mol. The molecular formula is C14H18F4N2O3S. The van der Waals surface area contributed by atoms with Crippen LogP contribution >= 0.6 is 0 Å². The smallest absolute Gasteiger partial charge is 0.379 e. The second kappa shape index (κ2) is 7.34. The fraction of sp³-hybridized carbons (Fsp3) is 0.571. The first-order valence-electron chi connectivity index (χ1n) is 7.34. The lowest BCUT2D eigenvalue weighted by Gasteiger charge is -2.36. The third-order valence-electron chi connectivity index (χ3n) is 3.69. The zero-order valence-electron chi connectivity index (χ0n) is 13.0. The highest BCUT2D eigenvalue weighted by Gasteiger charge is 2.49. The van der Waals surface area contributed by atoms with E-state index in [0.29, 0.717) is 4.31 Å². The molecule has 1 unspecified atom stereocenters. The van der Waals surface area contributed by atoms with Gasteiger partial charge in [0.2, 0.25) is 0 Å². The Morgan fingerprint density at radius 2 is 1.75 bits per heavy atom. The van der Waals surface area contributed by atoms with Gasteiger partial charge in [0, 0.05) is 19.6 Å². The fourth-order valence-electron chi connectivity index (χ4n) is 2.57. The summed E-state index contributed by atoms with van der Waals surface area (Å²) in [6.45, 7) is 1.20. The van der Waals surface area contributed by atoms with Crippen molar-refractivity contribution in [3.63, 3.8) is 0 Å². The molecule has 1 aromatic rings. The van der Waals surface area contributed by atoms with Crippen molar-refractivity contribution in [2.75, 3.05) is 32.8 Å². The minimum atomic E-state index is -4.84. The summed E-state index contributed by atoms with van der Waals surface area (Å²) in [5.74, 6) is -0.696. The van der Waals surface area contributed by atoms with Crippen LogP contribution in [0.3, 0.4) is 0 Å². The molecular weight excluding hydrogens is 352 g/mol. The molecule has 2 rings (SSSR count). The van der Waals surface area contributed by atoms with Gasteiger partial charge in [0.1, 0.15) is 11.9 Å². The Morgan fingerprint density at radius 3 is 2.21 bits per heavy atom. The minimum absolute atomic E-state index is 0.00711. The van der Waals surface area contributed by atoms with Gasteiger partial charge in [-0.15, -0.1) is 0 Å². The van der Waals surface area contributed by atoms with E-state index >= 15 is 0 Å². The maximum Gasteiger partial charge on any atom is 0.409 e. The number of alkyl halides is 3. The van der Waals surface area contributed by atoms with Crippen LogP contribution < -0.4 is 0 Å². The molecule has 1 aliphatic heterocycles. The maximum absolute atomic E-state index is 13.6. The van der Waals surface area contributed by atoms with Gasteiger partial charge >= 0.3 is 6.18 Å². The molecule has 0 amide bonds. The van der Waals surface area contributed by atoms with Crippen molar-refractivity contribution < 1.29 is 30.7 Å². The first-order chi connectivity index (χ1) is 11.2. The Morgan fingerprint density at radius 1 is 1.21 bits per heavy atom. The van der Waals surface area contributed by atoms with Gasteiger partial charge in [-0.2, -0.15) is 30.2 Å². The van der Waals surface area contributed by atoms with Crippen molar-refractivity contribution in [2.24, 2.45) is 0 Å². The number of nitrogens with zero attached hydrogens (tertiary/aromatic N) is 2. The van der Waals surface area contributed by atoms with Crippen LogP contribution in [0.4, 0.5) is 17.6 Å². The number of rotatable bonds is 5. The molecule has 0 bridgehead atoms. The normalized spacial score (nSPS) is 18.8. The van der Waals surface area contributed by atoms with Crippen LogP contribution in [-0.4, -0.2) is 56.1 Å². The number of halogens is 4. The molecule has 10 heteroatoms. The maximum atomic E-state index is 13.6. The van der Waals surface area contributed by atoms with Crippen LogP contribution in [-0.2, 0) is 14.9 Å². The van der Waals surface area contributed by atoms with E-state index in [1.807, 2.05) is 0 Å². The minimum Gasteiger partial charge on any atom is -0.379 e. The van der Waals surface area contributed by atoms with Crippen LogP contribution in [0.15, 0.2) is 24.3 Å². The SMILES string of the molecule is CCN(C(c1ccc(F)cc1)C(F)(F)F)S(=O)(=O)N1CCOCC1. The van der Waals surface area contributed by atoms with Gasteiger partial charge in [-0.25, -0.2) is 4.39 Å². The third-order valence-corrected chi connectivity index (χ3v) is 5.77. The summed E-state index contributed by atoms with van der Waals surface area (Å²) >= 11 is 0. The molecule has 136 valence electrons. The van der Waals surface area contributed by atoms with Gasteiger partial charge in [-0.05, 0) is 17.7 Å². The zero-order chi connectivity index (χ0) is 18.0. The van der Waals surface area contributed by atoms with Gasteiger partial charge in [0.05, 0.1) is 13.2 Å². The zero-order valence-corrected chi connectivity index (χ0v) is 13.8. The predicted molar refractivity (Wildman–Crippen MR) is 78.9 cm³/mol. The fourth-order valence-corrected chi connectivity index (χ4v) is 4.31. The van der Waals surface area contributed by atoms with E-state index in [0.717, 1.165) is 28.6 Å². The Balaban J connectivity index is 2.43. The Kier molecular flexibility index (Phi) is 5.84. The number of ether oxygens (including phenoxy) is 1. The molecule has 0 saturated carbocycles. The van der Waals surface area contributed by atoms with Gasteiger partial charge in [0.15, 0.2) is 0 Å². The van der Waals surface area contributed by atoms with Gasteiger partial charge in [0.25, 0.3) is 10.2 Å². The molecule has 1 saturated heterocycles. The topological polar surface area (TPSA) is 49.9 Å². The van der Waals surface area contributed by atoms with Crippen molar-refractivity contribution in [3.8, 4) is 0 Å². The summed E-state index contributed by atoms with van der Waals surface area (Å²) in [5.41, 5.74) is -0.331. The van der Waals surface area contributed by atoms with Crippen molar-refractivity contribution >= 4 is 10.2 Å². The molecule has 0 N–H and O–H groups in total. The van der Waals surface area contributed by atoms with Crippen LogP contribution in [0, 0.1) is 5.82 Å². The van der Waals surface area contributed by atoms with E-state index < -0.39 is 28.2 Å². The van der Waals surface area contributed by atoms with E-state index in [4.69, 9.17) is 4.74 Å². The van der Waals surface area contributed by atoms with E-state index in [2.05, 4.69) is 0 Å². The molecule has 24 heavy (non-hydrogen) atoms. The number of hydrogen-bond donors (Lipinski definition) is 0.